The zero-order valence-corrected chi connectivity index (χ0v) is 18.1. The number of hydrogen-bond donors (Lipinski definition) is 2. The summed E-state index contributed by atoms with van der Waals surface area (Å²) in [6.45, 7) is 1.87. The topological polar surface area (TPSA) is 59.0 Å². The van der Waals surface area contributed by atoms with Gasteiger partial charge in [0.25, 0.3) is 5.91 Å². The summed E-state index contributed by atoms with van der Waals surface area (Å²) in [7, 11) is 0. The number of rotatable bonds is 3. The highest BCUT2D eigenvalue weighted by Gasteiger charge is 2.35. The Kier molecular flexibility index (Phi) is 4.93. The number of hydrogen-bond acceptors (Lipinski definition) is 3. The van der Waals surface area contributed by atoms with Crippen LogP contribution in [0.15, 0.2) is 84.1 Å². The Morgan fingerprint density at radius 1 is 1.03 bits per heavy atom. The third-order valence-electron chi connectivity index (χ3n) is 5.36. The maximum Gasteiger partial charge on any atom is 0.255 e. The molecule has 0 saturated carbocycles. The number of halogens is 2. The summed E-state index contributed by atoms with van der Waals surface area (Å²) in [5, 5.41) is 7.33. The van der Waals surface area contributed by atoms with Gasteiger partial charge in [0, 0.05) is 21.4 Å². The van der Waals surface area contributed by atoms with E-state index in [9.17, 15) is 4.79 Å². The lowest BCUT2D eigenvalue weighted by Crippen LogP contribution is -2.31. The molecule has 5 nitrogen and oxygen atoms in total. The van der Waals surface area contributed by atoms with Crippen molar-refractivity contribution in [2.75, 3.05) is 10.6 Å². The van der Waals surface area contributed by atoms with Gasteiger partial charge in [0.15, 0.2) is 0 Å². The number of anilines is 2. The molecule has 2 heterocycles. The van der Waals surface area contributed by atoms with Crippen LogP contribution in [0.1, 0.15) is 18.5 Å². The number of allylic oxidation sites excluding steroid dienone is 1. The second kappa shape index (κ2) is 7.76. The molecule has 0 fully saturated rings. The molecule has 1 amide bonds. The predicted molar refractivity (Wildman–Crippen MR) is 126 cm³/mol. The van der Waals surface area contributed by atoms with Gasteiger partial charge >= 0.3 is 0 Å². The number of aromatic nitrogens is 2. The standard InChI is InChI=1S/C24H18Cl2N4O/c1-14-21(23(31)28-16-7-3-2-4-8-16)22(17-12-11-15(25)13-18(17)26)30-20-10-6-5-9-19(20)29-24(30)27-14/h2-13,22H,1H3,(H,27,29)(H,28,31)/t22-/m0/s1. The van der Waals surface area contributed by atoms with Gasteiger partial charge in [-0.15, -0.1) is 0 Å². The maximum atomic E-state index is 13.5. The van der Waals surface area contributed by atoms with Crippen LogP contribution in [0.25, 0.3) is 11.0 Å². The van der Waals surface area contributed by atoms with Crippen LogP contribution in [0.4, 0.5) is 11.6 Å². The van der Waals surface area contributed by atoms with E-state index in [1.165, 1.54) is 0 Å². The molecule has 4 aromatic rings. The first-order chi connectivity index (χ1) is 15.0. The number of imidazole rings is 1. The molecule has 7 heteroatoms. The van der Waals surface area contributed by atoms with Crippen LogP contribution in [0.3, 0.4) is 0 Å². The van der Waals surface area contributed by atoms with Gasteiger partial charge in [0.05, 0.1) is 22.6 Å². The van der Waals surface area contributed by atoms with Gasteiger partial charge in [0.2, 0.25) is 5.95 Å². The Hall–Kier alpha value is -3.28. The maximum absolute atomic E-state index is 13.5. The van der Waals surface area contributed by atoms with Crippen LogP contribution < -0.4 is 10.6 Å². The van der Waals surface area contributed by atoms with Crippen LogP contribution in [-0.4, -0.2) is 15.5 Å². The molecule has 0 radical (unpaired) electrons. The molecule has 2 N–H and O–H groups in total. The minimum Gasteiger partial charge on any atom is -0.329 e. The van der Waals surface area contributed by atoms with E-state index in [2.05, 4.69) is 10.6 Å². The van der Waals surface area contributed by atoms with Crippen LogP contribution in [0, 0.1) is 0 Å². The summed E-state index contributed by atoms with van der Waals surface area (Å²) in [4.78, 5) is 18.2. The lowest BCUT2D eigenvalue weighted by Gasteiger charge is -2.31. The predicted octanol–water partition coefficient (Wildman–Crippen LogP) is 6.27. The van der Waals surface area contributed by atoms with Crippen molar-refractivity contribution in [1.82, 2.24) is 9.55 Å². The minimum absolute atomic E-state index is 0.212. The second-order valence-corrected chi connectivity index (χ2v) is 8.19. The fourth-order valence-electron chi connectivity index (χ4n) is 4.00. The van der Waals surface area contributed by atoms with Crippen molar-refractivity contribution in [3.63, 3.8) is 0 Å². The number of benzene rings is 3. The smallest absolute Gasteiger partial charge is 0.255 e. The highest BCUT2D eigenvalue weighted by molar-refractivity contribution is 6.35. The molecule has 0 bridgehead atoms. The van der Waals surface area contributed by atoms with Crippen molar-refractivity contribution in [2.24, 2.45) is 0 Å². The third-order valence-corrected chi connectivity index (χ3v) is 5.93. The van der Waals surface area contributed by atoms with Crippen molar-refractivity contribution in [3.8, 4) is 0 Å². The summed E-state index contributed by atoms with van der Waals surface area (Å²) in [5.74, 6) is 0.446. The minimum atomic E-state index is -0.475. The number of amides is 1. The Morgan fingerprint density at radius 2 is 1.77 bits per heavy atom. The number of carbonyl (C=O) groups is 1. The van der Waals surface area contributed by atoms with E-state index < -0.39 is 6.04 Å². The molecule has 1 atom stereocenters. The molecule has 1 aromatic heterocycles. The molecule has 1 aliphatic heterocycles. The van der Waals surface area contributed by atoms with Crippen LogP contribution in [0.5, 0.6) is 0 Å². The second-order valence-electron chi connectivity index (χ2n) is 7.35. The van der Waals surface area contributed by atoms with Crippen molar-refractivity contribution in [3.05, 3.63) is 99.7 Å². The zero-order chi connectivity index (χ0) is 21.5. The first-order valence-corrected chi connectivity index (χ1v) is 10.5. The van der Waals surface area contributed by atoms with Gasteiger partial charge < -0.3 is 10.6 Å². The molecule has 154 valence electrons. The van der Waals surface area contributed by atoms with E-state index in [0.29, 0.717) is 27.3 Å². The molecule has 0 aliphatic carbocycles. The Bertz CT molecular complexity index is 1340. The quantitative estimate of drug-likeness (QED) is 0.388. The SMILES string of the molecule is CC1=C(C(=O)Nc2ccccc2)[C@H](c2ccc(Cl)cc2Cl)n2c(nc3ccccc32)N1. The summed E-state index contributed by atoms with van der Waals surface area (Å²) >= 11 is 12.8. The van der Waals surface area contributed by atoms with Gasteiger partial charge in [-0.25, -0.2) is 4.98 Å². The average molecular weight is 449 g/mol. The fourth-order valence-corrected chi connectivity index (χ4v) is 4.51. The van der Waals surface area contributed by atoms with E-state index in [0.717, 1.165) is 22.3 Å². The van der Waals surface area contributed by atoms with E-state index in [-0.39, 0.29) is 5.91 Å². The highest BCUT2D eigenvalue weighted by Crippen LogP contribution is 2.42. The van der Waals surface area contributed by atoms with E-state index in [1.807, 2.05) is 72.2 Å². The summed E-state index contributed by atoms with van der Waals surface area (Å²) in [6.07, 6.45) is 0. The van der Waals surface area contributed by atoms with Gasteiger partial charge in [-0.05, 0) is 48.9 Å². The van der Waals surface area contributed by atoms with Crippen molar-refractivity contribution in [1.29, 1.82) is 0 Å². The number of fused-ring (bicyclic) bond motifs is 3. The Morgan fingerprint density at radius 3 is 2.55 bits per heavy atom. The molecular formula is C24H18Cl2N4O. The molecule has 0 saturated heterocycles. The lowest BCUT2D eigenvalue weighted by molar-refractivity contribution is -0.113. The first-order valence-electron chi connectivity index (χ1n) is 9.79. The average Bonchev–Trinajstić information content (AvgIpc) is 3.11. The van der Waals surface area contributed by atoms with Crippen LogP contribution in [-0.2, 0) is 4.79 Å². The molecule has 1 aliphatic rings. The number of carbonyl (C=O) groups excluding carboxylic acids is 1. The van der Waals surface area contributed by atoms with Crippen molar-refractivity contribution >= 4 is 51.8 Å². The summed E-state index contributed by atoms with van der Waals surface area (Å²) in [6, 6.07) is 22.1. The zero-order valence-electron chi connectivity index (χ0n) is 16.6. The van der Waals surface area contributed by atoms with Crippen LogP contribution >= 0.6 is 23.2 Å². The molecule has 31 heavy (non-hydrogen) atoms. The van der Waals surface area contributed by atoms with Crippen molar-refractivity contribution in [2.45, 2.75) is 13.0 Å². The number of nitrogens with zero attached hydrogens (tertiary/aromatic N) is 2. The Balaban J connectivity index is 1.71. The van der Waals surface area contributed by atoms with E-state index in [1.54, 1.807) is 12.1 Å². The molecule has 5 rings (SSSR count). The van der Waals surface area contributed by atoms with Gasteiger partial charge in [-0.2, -0.15) is 0 Å². The fraction of sp³-hybridized carbons (Fsp3) is 0.0833. The van der Waals surface area contributed by atoms with Gasteiger partial charge in [-0.3, -0.25) is 9.36 Å². The molecule has 0 unspecified atom stereocenters. The van der Waals surface area contributed by atoms with Gasteiger partial charge in [0.1, 0.15) is 0 Å². The van der Waals surface area contributed by atoms with E-state index >= 15 is 0 Å². The van der Waals surface area contributed by atoms with Crippen molar-refractivity contribution < 1.29 is 4.79 Å². The summed E-state index contributed by atoms with van der Waals surface area (Å²) in [5.41, 5.74) is 4.50. The summed E-state index contributed by atoms with van der Waals surface area (Å²) < 4.78 is 2.01. The molecule has 3 aromatic carbocycles. The normalized spacial score (nSPS) is 15.5. The van der Waals surface area contributed by atoms with Gasteiger partial charge in [-0.1, -0.05) is 59.6 Å². The molecule has 0 spiro atoms. The Labute approximate surface area is 189 Å². The first kappa shape index (κ1) is 19.7. The number of para-hydroxylation sites is 3. The largest absolute Gasteiger partial charge is 0.329 e. The highest BCUT2D eigenvalue weighted by atomic mass is 35.5. The number of nitrogens with one attached hydrogen (secondary N) is 2. The molecular weight excluding hydrogens is 431 g/mol. The third kappa shape index (κ3) is 3.46. The van der Waals surface area contributed by atoms with E-state index in [4.69, 9.17) is 28.2 Å². The van der Waals surface area contributed by atoms with Crippen LogP contribution in [0.2, 0.25) is 10.0 Å². The lowest BCUT2D eigenvalue weighted by atomic mass is 9.94. The monoisotopic (exact) mass is 448 g/mol.